The standard InChI is InChI=1S/C11H9N5O/c1-6-12-3-7-2-9(8-4-13-14-5-8)11(17)16-10(7)15-6/h2-5H,1H3,(H,13,14)(H,12,15,16,17). The molecule has 0 aliphatic rings. The lowest BCUT2D eigenvalue weighted by Crippen LogP contribution is -2.09. The third-order valence-corrected chi connectivity index (χ3v) is 2.52. The van der Waals surface area contributed by atoms with Gasteiger partial charge in [-0.1, -0.05) is 0 Å². The Morgan fingerprint density at radius 3 is 2.94 bits per heavy atom. The van der Waals surface area contributed by atoms with Crippen molar-refractivity contribution in [2.45, 2.75) is 6.92 Å². The summed E-state index contributed by atoms with van der Waals surface area (Å²) in [7, 11) is 0. The molecule has 0 saturated carbocycles. The minimum atomic E-state index is -0.183. The summed E-state index contributed by atoms with van der Waals surface area (Å²) < 4.78 is 0. The molecule has 3 heterocycles. The number of hydrogen-bond acceptors (Lipinski definition) is 4. The van der Waals surface area contributed by atoms with Crippen LogP contribution in [0.2, 0.25) is 0 Å². The third-order valence-electron chi connectivity index (χ3n) is 2.52. The summed E-state index contributed by atoms with van der Waals surface area (Å²) in [6, 6.07) is 1.76. The number of fused-ring (bicyclic) bond motifs is 1. The Bertz CT molecular complexity index is 729. The topological polar surface area (TPSA) is 87.3 Å². The van der Waals surface area contributed by atoms with E-state index in [1.807, 2.05) is 0 Å². The van der Waals surface area contributed by atoms with Crippen molar-refractivity contribution in [3.8, 4) is 11.1 Å². The maximum Gasteiger partial charge on any atom is 0.257 e. The van der Waals surface area contributed by atoms with Gasteiger partial charge in [-0.2, -0.15) is 5.10 Å². The Balaban J connectivity index is 2.32. The Labute approximate surface area is 95.8 Å². The van der Waals surface area contributed by atoms with Gasteiger partial charge < -0.3 is 4.98 Å². The normalized spacial score (nSPS) is 10.9. The van der Waals surface area contributed by atoms with Gasteiger partial charge in [-0.25, -0.2) is 9.97 Å². The van der Waals surface area contributed by atoms with Crippen LogP contribution in [-0.2, 0) is 0 Å². The molecule has 0 spiro atoms. The van der Waals surface area contributed by atoms with Crippen LogP contribution in [0.1, 0.15) is 5.82 Å². The monoisotopic (exact) mass is 227 g/mol. The van der Waals surface area contributed by atoms with Gasteiger partial charge in [0.05, 0.1) is 11.8 Å². The van der Waals surface area contributed by atoms with Crippen LogP contribution in [-0.4, -0.2) is 25.1 Å². The summed E-state index contributed by atoms with van der Waals surface area (Å²) in [4.78, 5) is 22.9. The number of rotatable bonds is 1. The summed E-state index contributed by atoms with van der Waals surface area (Å²) >= 11 is 0. The summed E-state index contributed by atoms with van der Waals surface area (Å²) in [5.74, 6) is 0.629. The van der Waals surface area contributed by atoms with Crippen LogP contribution in [0.3, 0.4) is 0 Å². The zero-order valence-corrected chi connectivity index (χ0v) is 9.06. The molecule has 3 rings (SSSR count). The fourth-order valence-electron chi connectivity index (χ4n) is 1.69. The molecule has 17 heavy (non-hydrogen) atoms. The van der Waals surface area contributed by atoms with Crippen molar-refractivity contribution in [3.63, 3.8) is 0 Å². The van der Waals surface area contributed by atoms with Crippen molar-refractivity contribution in [2.75, 3.05) is 0 Å². The molecule has 0 fully saturated rings. The Morgan fingerprint density at radius 2 is 2.18 bits per heavy atom. The number of nitrogens with one attached hydrogen (secondary N) is 2. The molecule has 0 saturated heterocycles. The Kier molecular flexibility index (Phi) is 2.01. The van der Waals surface area contributed by atoms with Crippen LogP contribution in [0.5, 0.6) is 0 Å². The number of nitrogens with zero attached hydrogens (tertiary/aromatic N) is 3. The molecule has 0 atom stereocenters. The van der Waals surface area contributed by atoms with E-state index in [4.69, 9.17) is 0 Å². The Hall–Kier alpha value is -2.50. The van der Waals surface area contributed by atoms with Crippen molar-refractivity contribution in [3.05, 3.63) is 40.8 Å². The lowest BCUT2D eigenvalue weighted by Gasteiger charge is -2.00. The number of pyridine rings is 1. The van der Waals surface area contributed by atoms with Gasteiger partial charge in [0.1, 0.15) is 11.5 Å². The highest BCUT2D eigenvalue weighted by atomic mass is 16.1. The second-order valence-corrected chi connectivity index (χ2v) is 3.72. The second-order valence-electron chi connectivity index (χ2n) is 3.72. The van der Waals surface area contributed by atoms with Gasteiger partial charge in [-0.15, -0.1) is 0 Å². The number of aryl methyl sites for hydroxylation is 1. The summed E-state index contributed by atoms with van der Waals surface area (Å²) in [5.41, 5.74) is 1.67. The fourth-order valence-corrected chi connectivity index (χ4v) is 1.69. The first kappa shape index (κ1) is 9.71. The molecular weight excluding hydrogens is 218 g/mol. The van der Waals surface area contributed by atoms with E-state index in [1.165, 1.54) is 0 Å². The molecule has 2 N–H and O–H groups in total. The van der Waals surface area contributed by atoms with Crippen molar-refractivity contribution in [2.24, 2.45) is 0 Å². The van der Waals surface area contributed by atoms with Crippen LogP contribution in [0.15, 0.2) is 29.5 Å². The highest BCUT2D eigenvalue weighted by molar-refractivity contribution is 5.79. The van der Waals surface area contributed by atoms with E-state index in [9.17, 15) is 4.79 Å². The van der Waals surface area contributed by atoms with E-state index in [0.29, 0.717) is 17.0 Å². The van der Waals surface area contributed by atoms with Crippen LogP contribution in [0.25, 0.3) is 22.2 Å². The number of hydrogen-bond donors (Lipinski definition) is 2. The van der Waals surface area contributed by atoms with Crippen molar-refractivity contribution < 1.29 is 0 Å². The molecular formula is C11H9N5O. The molecule has 0 bridgehead atoms. The maximum atomic E-state index is 11.9. The Morgan fingerprint density at radius 1 is 1.29 bits per heavy atom. The van der Waals surface area contributed by atoms with Gasteiger partial charge in [-0.3, -0.25) is 9.89 Å². The van der Waals surface area contributed by atoms with Gasteiger partial charge in [0.2, 0.25) is 0 Å². The minimum absolute atomic E-state index is 0.183. The molecule has 0 aliphatic heterocycles. The van der Waals surface area contributed by atoms with Gasteiger partial charge in [-0.05, 0) is 13.0 Å². The lowest BCUT2D eigenvalue weighted by molar-refractivity contribution is 1.07. The maximum absolute atomic E-state index is 11.9. The first-order valence-corrected chi connectivity index (χ1v) is 5.10. The predicted octanol–water partition coefficient (Wildman–Crippen LogP) is 1.02. The van der Waals surface area contributed by atoms with Gasteiger partial charge >= 0.3 is 0 Å². The number of H-pyrrole nitrogens is 2. The van der Waals surface area contributed by atoms with E-state index in [-0.39, 0.29) is 5.56 Å². The van der Waals surface area contributed by atoms with E-state index in [1.54, 1.807) is 31.6 Å². The van der Waals surface area contributed by atoms with Gasteiger partial charge in [0, 0.05) is 23.3 Å². The van der Waals surface area contributed by atoms with Gasteiger partial charge in [0.25, 0.3) is 5.56 Å². The van der Waals surface area contributed by atoms with Crippen LogP contribution in [0, 0.1) is 6.92 Å². The average molecular weight is 227 g/mol. The van der Waals surface area contributed by atoms with Crippen molar-refractivity contribution in [1.82, 2.24) is 25.1 Å². The molecule has 0 aliphatic carbocycles. The van der Waals surface area contributed by atoms with E-state index in [2.05, 4.69) is 25.1 Å². The molecule has 0 radical (unpaired) electrons. The van der Waals surface area contributed by atoms with E-state index < -0.39 is 0 Å². The summed E-state index contributed by atoms with van der Waals surface area (Å²) in [5, 5.41) is 7.30. The lowest BCUT2D eigenvalue weighted by atomic mass is 10.1. The van der Waals surface area contributed by atoms with Crippen LogP contribution >= 0.6 is 0 Å². The van der Waals surface area contributed by atoms with E-state index in [0.717, 1.165) is 10.9 Å². The molecule has 0 amide bonds. The zero-order chi connectivity index (χ0) is 11.8. The molecule has 0 aromatic carbocycles. The SMILES string of the molecule is Cc1ncc2cc(-c3cn[nH]c3)c(=O)[nH]c2n1. The molecule has 6 heteroatoms. The number of aromatic nitrogens is 5. The number of aromatic amines is 2. The second kappa shape index (κ2) is 3.51. The molecule has 3 aromatic rings. The first-order chi connectivity index (χ1) is 8.24. The van der Waals surface area contributed by atoms with Crippen molar-refractivity contribution in [1.29, 1.82) is 0 Å². The highest BCUT2D eigenvalue weighted by Gasteiger charge is 2.07. The zero-order valence-electron chi connectivity index (χ0n) is 9.06. The molecule has 6 nitrogen and oxygen atoms in total. The molecule has 3 aromatic heterocycles. The summed E-state index contributed by atoms with van der Waals surface area (Å²) in [6.07, 6.45) is 4.97. The molecule has 0 unspecified atom stereocenters. The highest BCUT2D eigenvalue weighted by Crippen LogP contribution is 2.16. The fraction of sp³-hybridized carbons (Fsp3) is 0.0909. The average Bonchev–Trinajstić information content (AvgIpc) is 2.81. The van der Waals surface area contributed by atoms with Crippen LogP contribution in [0.4, 0.5) is 0 Å². The first-order valence-electron chi connectivity index (χ1n) is 5.10. The molecule has 84 valence electrons. The van der Waals surface area contributed by atoms with E-state index >= 15 is 0 Å². The van der Waals surface area contributed by atoms with Crippen LogP contribution < -0.4 is 5.56 Å². The largest absolute Gasteiger partial charge is 0.306 e. The quantitative estimate of drug-likeness (QED) is 0.649. The minimum Gasteiger partial charge on any atom is -0.306 e. The smallest absolute Gasteiger partial charge is 0.257 e. The predicted molar refractivity (Wildman–Crippen MR) is 62.5 cm³/mol. The third kappa shape index (κ3) is 1.59. The summed E-state index contributed by atoms with van der Waals surface area (Å²) in [6.45, 7) is 1.78. The van der Waals surface area contributed by atoms with Crippen molar-refractivity contribution >= 4 is 11.0 Å². The van der Waals surface area contributed by atoms with Gasteiger partial charge in [0.15, 0.2) is 0 Å².